The third-order valence-electron chi connectivity index (χ3n) is 1.65. The fraction of sp³-hybridized carbons (Fsp3) is 0.444. The first-order valence-corrected chi connectivity index (χ1v) is 5.44. The molecule has 16 heavy (non-hydrogen) atoms. The fourth-order valence-electron chi connectivity index (χ4n) is 0.951. The fourth-order valence-corrected chi connectivity index (χ4v) is 1.39. The maximum atomic E-state index is 11.8. The van der Waals surface area contributed by atoms with Crippen LogP contribution < -0.4 is 10.1 Å². The van der Waals surface area contributed by atoms with Gasteiger partial charge in [0, 0.05) is 12.3 Å². The van der Waals surface area contributed by atoms with E-state index in [-0.39, 0.29) is 24.1 Å². The molecule has 1 aromatic rings. The van der Waals surface area contributed by atoms with Crippen molar-refractivity contribution in [2.45, 2.75) is 5.51 Å². The van der Waals surface area contributed by atoms with E-state index in [4.69, 9.17) is 4.74 Å². The molecule has 0 saturated carbocycles. The number of methoxy groups -OCH3 is 1. The Bertz CT molecular complexity index is 316. The first-order valence-electron chi connectivity index (χ1n) is 4.46. The molecule has 0 aliphatic carbocycles. The number of halogens is 3. The van der Waals surface area contributed by atoms with Gasteiger partial charge in [-0.3, -0.25) is 0 Å². The van der Waals surface area contributed by atoms with E-state index in [1.54, 1.807) is 12.1 Å². The lowest BCUT2D eigenvalue weighted by Gasteiger charge is -2.07. The van der Waals surface area contributed by atoms with Crippen molar-refractivity contribution in [2.75, 3.05) is 24.7 Å². The predicted molar refractivity (Wildman–Crippen MR) is 57.8 cm³/mol. The van der Waals surface area contributed by atoms with Gasteiger partial charge in [0.2, 0.25) is 0 Å². The molecule has 0 aliphatic rings. The summed E-state index contributed by atoms with van der Waals surface area (Å²) >= 11 is -0.0545. The molecule has 1 heterocycles. The zero-order valence-electron chi connectivity index (χ0n) is 8.54. The highest BCUT2D eigenvalue weighted by atomic mass is 32.2. The van der Waals surface area contributed by atoms with Crippen LogP contribution >= 0.6 is 11.8 Å². The van der Waals surface area contributed by atoms with Crippen LogP contribution in [0.25, 0.3) is 0 Å². The number of alkyl halides is 3. The summed E-state index contributed by atoms with van der Waals surface area (Å²) in [6.45, 7) is 0.212. The molecule has 1 N–H and O–H groups in total. The van der Waals surface area contributed by atoms with Crippen LogP contribution in [0.3, 0.4) is 0 Å². The second kappa shape index (κ2) is 5.83. The lowest BCUT2D eigenvalue weighted by atomic mass is 10.4. The molecule has 90 valence electrons. The molecule has 0 radical (unpaired) electrons. The third kappa shape index (κ3) is 5.11. The van der Waals surface area contributed by atoms with Gasteiger partial charge >= 0.3 is 5.51 Å². The van der Waals surface area contributed by atoms with E-state index in [1.807, 2.05) is 0 Å². The Hall–Kier alpha value is -1.11. The summed E-state index contributed by atoms with van der Waals surface area (Å²) in [5, 5.41) is 2.78. The third-order valence-corrected chi connectivity index (χ3v) is 2.38. The molecule has 3 nitrogen and oxygen atoms in total. The molecule has 0 amide bonds. The number of nitrogens with one attached hydrogen (secondary N) is 1. The van der Waals surface area contributed by atoms with Gasteiger partial charge in [-0.2, -0.15) is 13.2 Å². The number of ether oxygens (including phenoxy) is 1. The van der Waals surface area contributed by atoms with E-state index in [9.17, 15) is 13.2 Å². The van der Waals surface area contributed by atoms with Crippen molar-refractivity contribution in [2.24, 2.45) is 0 Å². The van der Waals surface area contributed by atoms with Crippen LogP contribution in [0.4, 0.5) is 19.0 Å². The predicted octanol–water partition coefficient (Wildman–Crippen LogP) is 2.76. The maximum Gasteiger partial charge on any atom is 0.441 e. The molecule has 0 unspecified atom stereocenters. The Morgan fingerprint density at radius 3 is 2.69 bits per heavy atom. The van der Waals surface area contributed by atoms with Gasteiger partial charge in [0.1, 0.15) is 11.6 Å². The summed E-state index contributed by atoms with van der Waals surface area (Å²) in [5.41, 5.74) is -4.17. The van der Waals surface area contributed by atoms with Gasteiger partial charge < -0.3 is 10.1 Å². The van der Waals surface area contributed by atoms with E-state index in [0.29, 0.717) is 11.6 Å². The Balaban J connectivity index is 2.27. The molecule has 0 atom stereocenters. The van der Waals surface area contributed by atoms with Crippen molar-refractivity contribution in [3.8, 4) is 5.75 Å². The van der Waals surface area contributed by atoms with Crippen LogP contribution in [0.5, 0.6) is 5.75 Å². The van der Waals surface area contributed by atoms with Crippen LogP contribution in [0.2, 0.25) is 0 Å². The monoisotopic (exact) mass is 252 g/mol. The van der Waals surface area contributed by atoms with Gasteiger partial charge in [0.25, 0.3) is 0 Å². The topological polar surface area (TPSA) is 34.1 Å². The summed E-state index contributed by atoms with van der Waals surface area (Å²) in [5.74, 6) is 1.09. The van der Waals surface area contributed by atoms with Gasteiger partial charge in [0.15, 0.2) is 0 Å². The van der Waals surface area contributed by atoms with E-state index in [2.05, 4.69) is 10.3 Å². The lowest BCUT2D eigenvalue weighted by molar-refractivity contribution is -0.0327. The lowest BCUT2D eigenvalue weighted by Crippen LogP contribution is -2.10. The number of hydrogen-bond donors (Lipinski definition) is 1. The summed E-state index contributed by atoms with van der Waals surface area (Å²) in [6.07, 6.45) is 1.50. The molecule has 0 aliphatic heterocycles. The molecule has 1 aromatic heterocycles. The highest BCUT2D eigenvalue weighted by Crippen LogP contribution is 2.29. The van der Waals surface area contributed by atoms with Gasteiger partial charge in [-0.05, 0) is 23.9 Å². The molecular formula is C9H11F3N2OS. The van der Waals surface area contributed by atoms with E-state index < -0.39 is 5.51 Å². The average molecular weight is 252 g/mol. The second-order valence-electron chi connectivity index (χ2n) is 2.80. The van der Waals surface area contributed by atoms with Crippen LogP contribution in [0.15, 0.2) is 18.3 Å². The first-order chi connectivity index (χ1) is 7.51. The maximum absolute atomic E-state index is 11.8. The first kappa shape index (κ1) is 13.0. The molecule has 7 heteroatoms. The molecule has 0 bridgehead atoms. The zero-order valence-corrected chi connectivity index (χ0v) is 9.36. The average Bonchev–Trinajstić information content (AvgIpc) is 2.24. The summed E-state index contributed by atoms with van der Waals surface area (Å²) in [4.78, 5) is 3.96. The minimum Gasteiger partial charge on any atom is -0.495 e. The number of hydrogen-bond acceptors (Lipinski definition) is 4. The quantitative estimate of drug-likeness (QED) is 0.817. The van der Waals surface area contributed by atoms with Gasteiger partial charge in [-0.15, -0.1) is 0 Å². The molecule has 1 rings (SSSR count). The van der Waals surface area contributed by atoms with Crippen molar-refractivity contribution in [3.05, 3.63) is 18.3 Å². The smallest absolute Gasteiger partial charge is 0.441 e. The Morgan fingerprint density at radius 2 is 2.19 bits per heavy atom. The number of aromatic nitrogens is 1. The van der Waals surface area contributed by atoms with E-state index in [0.717, 1.165) is 0 Å². The molecule has 0 spiro atoms. The largest absolute Gasteiger partial charge is 0.495 e. The summed E-state index contributed by atoms with van der Waals surface area (Å²) in [7, 11) is 1.52. The standard InChI is InChI=1S/C9H11F3N2OS/c1-15-7-2-3-8(14-6-7)13-4-5-16-9(10,11)12/h2-3,6H,4-5H2,1H3,(H,13,14). The molecule has 0 saturated heterocycles. The van der Waals surface area contributed by atoms with Gasteiger partial charge in [-0.1, -0.05) is 0 Å². The molecule has 0 fully saturated rings. The van der Waals surface area contributed by atoms with Crippen LogP contribution in [-0.2, 0) is 0 Å². The minimum atomic E-state index is -4.17. The normalized spacial score (nSPS) is 11.2. The van der Waals surface area contributed by atoms with Crippen molar-refractivity contribution in [1.29, 1.82) is 0 Å². The van der Waals surface area contributed by atoms with Crippen molar-refractivity contribution < 1.29 is 17.9 Å². The van der Waals surface area contributed by atoms with E-state index >= 15 is 0 Å². The van der Waals surface area contributed by atoms with Crippen LogP contribution in [-0.4, -0.2) is 29.9 Å². The Labute approximate surface area is 95.4 Å². The molecule has 0 aromatic carbocycles. The summed E-state index contributed by atoms with van der Waals surface area (Å²) in [6, 6.07) is 3.34. The highest BCUT2D eigenvalue weighted by molar-refractivity contribution is 8.00. The van der Waals surface area contributed by atoms with Crippen LogP contribution in [0.1, 0.15) is 0 Å². The number of nitrogens with zero attached hydrogens (tertiary/aromatic N) is 1. The van der Waals surface area contributed by atoms with Crippen molar-refractivity contribution >= 4 is 17.6 Å². The van der Waals surface area contributed by atoms with Crippen LogP contribution in [0, 0.1) is 0 Å². The second-order valence-corrected chi connectivity index (χ2v) is 3.96. The SMILES string of the molecule is COc1ccc(NCCSC(F)(F)F)nc1. The minimum absolute atomic E-state index is 0.0444. The molecular weight excluding hydrogens is 241 g/mol. The van der Waals surface area contributed by atoms with Gasteiger partial charge in [0.05, 0.1) is 13.3 Å². The Morgan fingerprint density at radius 1 is 1.44 bits per heavy atom. The number of thioether (sulfide) groups is 1. The van der Waals surface area contributed by atoms with Gasteiger partial charge in [-0.25, -0.2) is 4.98 Å². The number of rotatable bonds is 5. The highest BCUT2D eigenvalue weighted by Gasteiger charge is 2.27. The van der Waals surface area contributed by atoms with Crippen molar-refractivity contribution in [1.82, 2.24) is 4.98 Å². The number of pyridine rings is 1. The van der Waals surface area contributed by atoms with Crippen molar-refractivity contribution in [3.63, 3.8) is 0 Å². The number of anilines is 1. The Kier molecular flexibility index (Phi) is 4.72. The zero-order chi connectivity index (χ0) is 12.0. The summed E-state index contributed by atoms with van der Waals surface area (Å²) < 4.78 is 40.2. The van der Waals surface area contributed by atoms with E-state index in [1.165, 1.54) is 13.3 Å².